The number of rotatable bonds is 9. The molecule has 1 aliphatic heterocycles. The van der Waals surface area contributed by atoms with Gasteiger partial charge in [-0.3, -0.25) is 4.79 Å². The Balaban J connectivity index is 0.000000212. The van der Waals surface area contributed by atoms with E-state index in [4.69, 9.17) is 28.2 Å². The second-order valence-electron chi connectivity index (χ2n) is 11.0. The Labute approximate surface area is 262 Å². The molecule has 46 heavy (non-hydrogen) atoms. The van der Waals surface area contributed by atoms with Crippen molar-refractivity contribution in [2.24, 2.45) is 0 Å². The predicted molar refractivity (Wildman–Crippen MR) is 164 cm³/mol. The predicted octanol–water partition coefficient (Wildman–Crippen LogP) is 3.35. The number of aliphatic carboxylic acids is 1. The topological polar surface area (TPSA) is 203 Å². The largest absolute Gasteiger partial charge is 0.479 e. The fourth-order valence-corrected chi connectivity index (χ4v) is 4.91. The van der Waals surface area contributed by atoms with Crippen molar-refractivity contribution in [1.82, 2.24) is 0 Å². The summed E-state index contributed by atoms with van der Waals surface area (Å²) < 4.78 is 25.9. The molecule has 1 fully saturated rings. The lowest BCUT2D eigenvalue weighted by molar-refractivity contribution is -0.271. The minimum Gasteiger partial charge on any atom is -0.479 e. The Bertz CT molecular complexity index is 1810. The second-order valence-corrected chi connectivity index (χ2v) is 11.0. The summed E-state index contributed by atoms with van der Waals surface area (Å²) in [6.45, 7) is 5.71. The number of unbranched alkanes of at least 4 members (excludes halogenated alkanes) is 3. The molecule has 2 aromatic heterocycles. The van der Waals surface area contributed by atoms with Gasteiger partial charge in [0.2, 0.25) is 6.29 Å². The minimum atomic E-state index is -1.80. The van der Waals surface area contributed by atoms with Crippen LogP contribution in [-0.4, -0.2) is 63.1 Å². The van der Waals surface area contributed by atoms with E-state index in [-0.39, 0.29) is 17.3 Å². The highest BCUT2D eigenvalue weighted by Gasteiger charge is 2.48. The molecule has 4 N–H and O–H groups in total. The summed E-state index contributed by atoms with van der Waals surface area (Å²) in [6.07, 6.45) is -3.97. The molecule has 0 spiro atoms. The lowest BCUT2D eigenvalue weighted by atomic mass is 9.99. The molecule has 13 heteroatoms. The van der Waals surface area contributed by atoms with Crippen LogP contribution in [0.5, 0.6) is 11.5 Å². The minimum absolute atomic E-state index is 0.123. The molecule has 0 bridgehead atoms. The van der Waals surface area contributed by atoms with Crippen LogP contribution in [0.1, 0.15) is 50.2 Å². The van der Waals surface area contributed by atoms with Gasteiger partial charge in [-0.2, -0.15) is 0 Å². The van der Waals surface area contributed by atoms with Crippen LogP contribution in [0.25, 0.3) is 21.9 Å². The van der Waals surface area contributed by atoms with E-state index >= 15 is 0 Å². The maximum atomic E-state index is 11.7. The molecule has 13 nitrogen and oxygen atoms in total. The van der Waals surface area contributed by atoms with Crippen LogP contribution < -0.4 is 20.7 Å². The first-order valence-corrected chi connectivity index (χ1v) is 14.8. The molecule has 0 aliphatic carbocycles. The molecule has 1 aliphatic rings. The zero-order chi connectivity index (χ0) is 33.5. The SMILES string of the molecule is CCCCCCC(=O)Oc1ccc2c(C)cc(=O)oc2c1.Cc1cc(=O)oc2cc(O[C@@H]3O[C@H](C(=O)O)[C@@H](O)[C@H](O)[C@H]3O)ccc12. The molecule has 0 saturated carbocycles. The molecular weight excluding hydrogens is 604 g/mol. The van der Waals surface area contributed by atoms with Crippen LogP contribution in [0.3, 0.4) is 0 Å². The van der Waals surface area contributed by atoms with Gasteiger partial charge in [0, 0.05) is 41.5 Å². The first kappa shape index (κ1) is 34.3. The molecule has 0 radical (unpaired) electrons. The molecule has 3 heterocycles. The quantitative estimate of drug-likeness (QED) is 0.0898. The standard InChI is InChI=1S/C17H20O4.C16H16O9/c1-3-4-5-6-7-16(18)20-13-8-9-14-12(2)10-17(19)21-15(14)11-13;1-6-4-10(17)24-9-5-7(2-3-8(6)9)23-16-13(20)11(18)12(19)14(25-16)15(21)22/h8-11H,3-7H2,1-2H3;2-5,11-14,16,18-20H,1H3,(H,21,22)/t;11-,12-,13+,14-,16+/m.0/s1. The van der Waals surface area contributed by atoms with E-state index in [1.807, 2.05) is 6.92 Å². The third-order valence-corrected chi connectivity index (χ3v) is 7.38. The molecule has 5 atom stereocenters. The molecule has 0 amide bonds. The number of hydrogen-bond acceptors (Lipinski definition) is 12. The van der Waals surface area contributed by atoms with Gasteiger partial charge in [-0.25, -0.2) is 14.4 Å². The average molecular weight is 641 g/mol. The number of carbonyl (C=O) groups is 2. The van der Waals surface area contributed by atoms with Crippen LogP contribution in [0.15, 0.2) is 67.0 Å². The number of ether oxygens (including phenoxy) is 3. The maximum Gasteiger partial charge on any atom is 0.336 e. The Kier molecular flexibility index (Phi) is 11.3. The lowest BCUT2D eigenvalue weighted by Crippen LogP contribution is -2.61. The number of carboxylic acid groups (broad SMARTS) is 1. The van der Waals surface area contributed by atoms with Crippen molar-refractivity contribution < 1.29 is 53.1 Å². The summed E-state index contributed by atoms with van der Waals surface area (Å²) in [5, 5.41) is 39.9. The van der Waals surface area contributed by atoms with Crippen molar-refractivity contribution >= 4 is 33.9 Å². The van der Waals surface area contributed by atoms with E-state index in [0.717, 1.165) is 36.6 Å². The summed E-state index contributed by atoms with van der Waals surface area (Å²) in [4.78, 5) is 45.6. The number of carboxylic acids is 1. The molecular formula is C33H36O13. The van der Waals surface area contributed by atoms with Crippen LogP contribution in [0, 0.1) is 13.8 Å². The first-order valence-electron chi connectivity index (χ1n) is 14.8. The number of fused-ring (bicyclic) bond motifs is 2. The van der Waals surface area contributed by atoms with Crippen LogP contribution in [0.2, 0.25) is 0 Å². The summed E-state index contributed by atoms with van der Waals surface area (Å²) in [7, 11) is 0. The highest BCUT2D eigenvalue weighted by Crippen LogP contribution is 2.28. The lowest BCUT2D eigenvalue weighted by Gasteiger charge is -2.38. The summed E-state index contributed by atoms with van der Waals surface area (Å²) in [5.74, 6) is -1.22. The van der Waals surface area contributed by atoms with E-state index in [9.17, 15) is 34.5 Å². The molecule has 246 valence electrons. The number of hydrogen-bond donors (Lipinski definition) is 4. The van der Waals surface area contributed by atoms with Crippen LogP contribution in [-0.2, 0) is 14.3 Å². The Morgan fingerprint density at radius 3 is 1.89 bits per heavy atom. The number of aliphatic hydroxyl groups excluding tert-OH is 3. The molecule has 0 unspecified atom stereocenters. The van der Waals surface area contributed by atoms with E-state index in [0.29, 0.717) is 28.7 Å². The van der Waals surface area contributed by atoms with Gasteiger partial charge in [-0.05, 0) is 55.7 Å². The van der Waals surface area contributed by atoms with E-state index in [2.05, 4.69) is 6.92 Å². The number of aryl methyl sites for hydroxylation is 2. The molecule has 1 saturated heterocycles. The van der Waals surface area contributed by atoms with Crippen molar-refractivity contribution in [1.29, 1.82) is 0 Å². The first-order chi connectivity index (χ1) is 21.9. The van der Waals surface area contributed by atoms with Gasteiger partial charge in [0.15, 0.2) is 6.10 Å². The fraction of sp³-hybridized carbons (Fsp3) is 0.394. The van der Waals surface area contributed by atoms with Gasteiger partial charge in [0.1, 0.15) is 41.0 Å². The average Bonchev–Trinajstić information content (AvgIpc) is 2.99. The van der Waals surface area contributed by atoms with E-state index in [1.54, 1.807) is 31.2 Å². The van der Waals surface area contributed by atoms with Crippen molar-refractivity contribution in [3.8, 4) is 11.5 Å². The van der Waals surface area contributed by atoms with Crippen molar-refractivity contribution in [2.45, 2.75) is 83.6 Å². The van der Waals surface area contributed by atoms with Crippen LogP contribution in [0.4, 0.5) is 0 Å². The van der Waals surface area contributed by atoms with Gasteiger partial charge in [-0.1, -0.05) is 26.2 Å². The zero-order valence-corrected chi connectivity index (χ0v) is 25.5. The van der Waals surface area contributed by atoms with E-state index in [1.165, 1.54) is 24.3 Å². The van der Waals surface area contributed by atoms with Gasteiger partial charge in [0.05, 0.1) is 0 Å². The summed E-state index contributed by atoms with van der Waals surface area (Å²) in [5.41, 5.74) is 1.29. The Hall–Kier alpha value is -4.56. The molecule has 5 rings (SSSR count). The monoisotopic (exact) mass is 640 g/mol. The van der Waals surface area contributed by atoms with Crippen molar-refractivity contribution in [3.05, 3.63) is 80.5 Å². The normalized spacial score (nSPS) is 21.0. The van der Waals surface area contributed by atoms with Gasteiger partial charge < -0.3 is 43.5 Å². The van der Waals surface area contributed by atoms with Gasteiger partial charge >= 0.3 is 23.2 Å². The number of aliphatic hydroxyl groups is 3. The fourth-order valence-electron chi connectivity index (χ4n) is 4.91. The second kappa shape index (κ2) is 15.1. The highest BCUT2D eigenvalue weighted by molar-refractivity contribution is 5.83. The third kappa shape index (κ3) is 8.37. The number of esters is 1. The van der Waals surface area contributed by atoms with E-state index < -0.39 is 47.9 Å². The summed E-state index contributed by atoms with van der Waals surface area (Å²) >= 11 is 0. The molecule has 4 aromatic rings. The summed E-state index contributed by atoms with van der Waals surface area (Å²) in [6, 6.07) is 12.4. The van der Waals surface area contributed by atoms with Crippen molar-refractivity contribution in [2.75, 3.05) is 0 Å². The third-order valence-electron chi connectivity index (χ3n) is 7.38. The van der Waals surface area contributed by atoms with Crippen LogP contribution >= 0.6 is 0 Å². The Morgan fingerprint density at radius 2 is 1.33 bits per heavy atom. The number of benzene rings is 2. The maximum absolute atomic E-state index is 11.7. The van der Waals surface area contributed by atoms with Crippen molar-refractivity contribution in [3.63, 3.8) is 0 Å². The smallest absolute Gasteiger partial charge is 0.336 e. The highest BCUT2D eigenvalue weighted by atomic mass is 16.7. The Morgan fingerprint density at radius 1 is 0.761 bits per heavy atom. The van der Waals surface area contributed by atoms with Gasteiger partial charge in [0.25, 0.3) is 0 Å². The molecule has 2 aromatic carbocycles. The zero-order valence-electron chi connectivity index (χ0n) is 25.5. The number of carbonyl (C=O) groups excluding carboxylic acids is 1. The van der Waals surface area contributed by atoms with Gasteiger partial charge in [-0.15, -0.1) is 0 Å².